The van der Waals surface area contributed by atoms with Crippen LogP contribution in [0.5, 0.6) is 0 Å². The van der Waals surface area contributed by atoms with Gasteiger partial charge in [-0.1, -0.05) is 29.4 Å². The van der Waals surface area contributed by atoms with Crippen LogP contribution in [0.25, 0.3) is 0 Å². The first kappa shape index (κ1) is 20.2. The third-order valence-electron chi connectivity index (χ3n) is 5.16. The number of aryl methyl sites for hydroxylation is 1. The van der Waals surface area contributed by atoms with Crippen LogP contribution in [-0.2, 0) is 16.0 Å². The number of aromatic nitrogens is 2. The smallest absolute Gasteiger partial charge is 0.322 e. The van der Waals surface area contributed by atoms with E-state index in [0.29, 0.717) is 18.9 Å². The van der Waals surface area contributed by atoms with Gasteiger partial charge < -0.3 is 9.32 Å². The second kappa shape index (κ2) is 8.71. The number of anilines is 2. The van der Waals surface area contributed by atoms with Crippen molar-refractivity contribution in [2.45, 2.75) is 30.6 Å². The summed E-state index contributed by atoms with van der Waals surface area (Å²) in [5, 5.41) is 10.6. The molecule has 0 bridgehead atoms. The molecule has 0 aliphatic carbocycles. The van der Waals surface area contributed by atoms with Crippen molar-refractivity contribution < 1.29 is 14.0 Å². The van der Waals surface area contributed by atoms with E-state index in [-0.39, 0.29) is 30.2 Å². The van der Waals surface area contributed by atoms with E-state index in [1.807, 2.05) is 61.7 Å². The summed E-state index contributed by atoms with van der Waals surface area (Å²) >= 11 is 1.66. The molecule has 2 amide bonds. The van der Waals surface area contributed by atoms with Crippen LogP contribution in [0.2, 0.25) is 0 Å². The molecule has 1 aliphatic heterocycles. The highest BCUT2D eigenvalue weighted by Gasteiger charge is 2.35. The normalized spacial score (nSPS) is 16.1. The second-order valence-electron chi connectivity index (χ2n) is 7.20. The zero-order valence-electron chi connectivity index (χ0n) is 16.8. The lowest BCUT2D eigenvalue weighted by Crippen LogP contribution is -2.24. The fourth-order valence-corrected chi connectivity index (χ4v) is 3.89. The molecule has 0 saturated carbocycles. The minimum Gasteiger partial charge on any atom is -0.407 e. The van der Waals surface area contributed by atoms with Crippen LogP contribution in [0.1, 0.15) is 29.4 Å². The third-order valence-corrected chi connectivity index (χ3v) is 5.90. The molecule has 0 unspecified atom stereocenters. The topological polar surface area (TPSA) is 88.3 Å². The van der Waals surface area contributed by atoms with Crippen LogP contribution in [0, 0.1) is 6.92 Å². The number of rotatable bonds is 6. The average molecular weight is 423 g/mol. The summed E-state index contributed by atoms with van der Waals surface area (Å²) in [5.74, 6) is -0.0530. The Labute approximate surface area is 178 Å². The molecule has 1 aliphatic rings. The number of hydrogen-bond acceptors (Lipinski definition) is 6. The number of amides is 2. The van der Waals surface area contributed by atoms with Gasteiger partial charge in [-0.3, -0.25) is 14.9 Å². The summed E-state index contributed by atoms with van der Waals surface area (Å²) in [5.41, 5.74) is 2.85. The first-order chi connectivity index (χ1) is 14.5. The van der Waals surface area contributed by atoms with Gasteiger partial charge in [0.1, 0.15) is 0 Å². The molecule has 4 rings (SSSR count). The van der Waals surface area contributed by atoms with Gasteiger partial charge in [0.15, 0.2) is 0 Å². The number of nitrogens with zero attached hydrogens (tertiary/aromatic N) is 3. The molecule has 0 spiro atoms. The van der Waals surface area contributed by atoms with E-state index in [2.05, 4.69) is 15.5 Å². The summed E-state index contributed by atoms with van der Waals surface area (Å²) in [6, 6.07) is 15.6. The average Bonchev–Trinajstić information content (AvgIpc) is 3.36. The Kier molecular flexibility index (Phi) is 5.85. The summed E-state index contributed by atoms with van der Waals surface area (Å²) in [4.78, 5) is 27.7. The van der Waals surface area contributed by atoms with E-state index in [9.17, 15) is 9.59 Å². The van der Waals surface area contributed by atoms with Gasteiger partial charge >= 0.3 is 6.01 Å². The number of carbonyl (C=O) groups excluding carboxylic acids is 2. The Balaban J connectivity index is 1.39. The summed E-state index contributed by atoms with van der Waals surface area (Å²) in [7, 11) is 0. The molecule has 1 aromatic heterocycles. The van der Waals surface area contributed by atoms with Crippen molar-refractivity contribution in [3.8, 4) is 0 Å². The van der Waals surface area contributed by atoms with Gasteiger partial charge in [0, 0.05) is 23.5 Å². The first-order valence-electron chi connectivity index (χ1n) is 9.65. The van der Waals surface area contributed by atoms with Gasteiger partial charge in [0.05, 0.1) is 12.3 Å². The molecular weight excluding hydrogens is 400 g/mol. The Morgan fingerprint density at radius 3 is 2.70 bits per heavy atom. The minimum absolute atomic E-state index is 0.0141. The highest BCUT2D eigenvalue weighted by molar-refractivity contribution is 7.98. The molecule has 30 heavy (non-hydrogen) atoms. The third kappa shape index (κ3) is 4.38. The molecule has 0 radical (unpaired) electrons. The Hall–Kier alpha value is -3.13. The lowest BCUT2D eigenvalue weighted by molar-refractivity contribution is -0.117. The van der Waals surface area contributed by atoms with Crippen LogP contribution in [0.3, 0.4) is 0 Å². The Morgan fingerprint density at radius 2 is 1.97 bits per heavy atom. The van der Waals surface area contributed by atoms with Crippen molar-refractivity contribution in [3.63, 3.8) is 0 Å². The highest BCUT2D eigenvalue weighted by Crippen LogP contribution is 2.32. The van der Waals surface area contributed by atoms with E-state index in [0.717, 1.165) is 21.7 Å². The molecule has 7 nitrogen and oxygen atoms in total. The molecule has 2 aromatic carbocycles. The zero-order valence-corrected chi connectivity index (χ0v) is 17.6. The fourth-order valence-electron chi connectivity index (χ4n) is 3.48. The maximum atomic E-state index is 12.5. The quantitative estimate of drug-likeness (QED) is 0.608. The summed E-state index contributed by atoms with van der Waals surface area (Å²) in [6.45, 7) is 2.43. The van der Waals surface area contributed by atoms with Gasteiger partial charge in [-0.15, -0.1) is 16.9 Å². The van der Waals surface area contributed by atoms with Gasteiger partial charge in [-0.05, 0) is 48.6 Å². The number of thioether (sulfide) groups is 1. The van der Waals surface area contributed by atoms with Gasteiger partial charge in [-0.2, -0.15) is 0 Å². The van der Waals surface area contributed by atoms with E-state index in [4.69, 9.17) is 4.42 Å². The van der Waals surface area contributed by atoms with Crippen LogP contribution < -0.4 is 10.2 Å². The summed E-state index contributed by atoms with van der Waals surface area (Å²) in [6.07, 6.45) is 2.54. The molecule has 8 heteroatoms. The number of hydrogen-bond donors (Lipinski definition) is 1. The Bertz CT molecular complexity index is 1060. The van der Waals surface area contributed by atoms with E-state index >= 15 is 0 Å². The molecule has 1 saturated heterocycles. The fraction of sp³-hybridized carbons (Fsp3) is 0.273. The predicted molar refractivity (Wildman–Crippen MR) is 116 cm³/mol. The van der Waals surface area contributed by atoms with E-state index in [1.54, 1.807) is 16.7 Å². The molecule has 3 aromatic rings. The molecule has 154 valence electrons. The molecular formula is C22H22N4O3S. The predicted octanol–water partition coefficient (Wildman–Crippen LogP) is 3.80. The number of carbonyl (C=O) groups is 2. The van der Waals surface area contributed by atoms with Crippen molar-refractivity contribution in [1.82, 2.24) is 10.2 Å². The highest BCUT2D eigenvalue weighted by atomic mass is 32.2. The summed E-state index contributed by atoms with van der Waals surface area (Å²) < 4.78 is 5.64. The lowest BCUT2D eigenvalue weighted by Gasteiger charge is -2.16. The van der Waals surface area contributed by atoms with Crippen molar-refractivity contribution in [1.29, 1.82) is 0 Å². The van der Waals surface area contributed by atoms with Crippen molar-refractivity contribution in [2.24, 2.45) is 0 Å². The maximum absolute atomic E-state index is 12.5. The van der Waals surface area contributed by atoms with Crippen LogP contribution in [0.15, 0.2) is 57.8 Å². The molecule has 1 fully saturated rings. The van der Waals surface area contributed by atoms with Gasteiger partial charge in [-0.25, -0.2) is 0 Å². The monoisotopic (exact) mass is 422 g/mol. The maximum Gasteiger partial charge on any atom is 0.322 e. The largest absolute Gasteiger partial charge is 0.407 e. The zero-order chi connectivity index (χ0) is 21.1. The minimum atomic E-state index is -0.225. The van der Waals surface area contributed by atoms with Crippen LogP contribution >= 0.6 is 11.8 Å². The van der Waals surface area contributed by atoms with Crippen molar-refractivity contribution >= 4 is 35.3 Å². The standard InChI is InChI=1S/C22H22N4O3S/c1-14-5-3-4-6-15(14)11-19(27)23-22-25-24-21(29-22)16-12-20(28)26(13-16)17-7-9-18(30-2)10-8-17/h3-10,16H,11-13H2,1-2H3,(H,23,25,27)/t16-/m0/s1. The SMILES string of the molecule is CSc1ccc(N2C[C@@H](c3nnc(NC(=O)Cc4ccccc4C)o3)CC2=O)cc1. The number of nitrogens with one attached hydrogen (secondary N) is 1. The van der Waals surface area contributed by atoms with Crippen molar-refractivity contribution in [3.05, 3.63) is 65.5 Å². The van der Waals surface area contributed by atoms with Gasteiger partial charge in [0.2, 0.25) is 17.7 Å². The van der Waals surface area contributed by atoms with Crippen molar-refractivity contribution in [2.75, 3.05) is 23.0 Å². The molecule has 1 N–H and O–H groups in total. The van der Waals surface area contributed by atoms with E-state index in [1.165, 1.54) is 0 Å². The Morgan fingerprint density at radius 1 is 1.20 bits per heavy atom. The molecule has 1 atom stereocenters. The lowest BCUT2D eigenvalue weighted by atomic mass is 10.1. The van der Waals surface area contributed by atoms with Crippen LogP contribution in [-0.4, -0.2) is 34.8 Å². The van der Waals surface area contributed by atoms with Crippen LogP contribution in [0.4, 0.5) is 11.7 Å². The van der Waals surface area contributed by atoms with Gasteiger partial charge in [0.25, 0.3) is 0 Å². The molecule has 2 heterocycles. The van der Waals surface area contributed by atoms with E-state index < -0.39 is 0 Å². The number of benzene rings is 2. The first-order valence-corrected chi connectivity index (χ1v) is 10.9. The second-order valence-corrected chi connectivity index (χ2v) is 8.08.